The van der Waals surface area contributed by atoms with E-state index < -0.39 is 10.1 Å². The van der Waals surface area contributed by atoms with E-state index in [0.29, 0.717) is 5.39 Å². The van der Waals surface area contributed by atoms with E-state index in [0.717, 1.165) is 29.4 Å². The van der Waals surface area contributed by atoms with Gasteiger partial charge in [-0.3, -0.25) is 4.55 Å². The minimum absolute atomic E-state index is 0.00489. The lowest BCUT2D eigenvalue weighted by molar-refractivity contribution is 0.481. The summed E-state index contributed by atoms with van der Waals surface area (Å²) < 4.78 is 33.8. The maximum atomic E-state index is 12.0. The topological polar surface area (TPSA) is 54.4 Å². The first-order chi connectivity index (χ1) is 10.9. The van der Waals surface area contributed by atoms with Crippen molar-refractivity contribution in [3.63, 3.8) is 0 Å². The molecule has 0 saturated carbocycles. The normalized spacial score (nSPS) is 13.5. The smallest absolute Gasteiger partial charge is 0.282 e. The zero-order valence-corrected chi connectivity index (χ0v) is 16.3. The number of hydrogen-bond acceptors (Lipinski definition) is 2. The van der Waals surface area contributed by atoms with E-state index in [1.807, 2.05) is 18.2 Å². The van der Waals surface area contributed by atoms with Crippen LogP contribution in [-0.2, 0) is 20.9 Å². The second-order valence-corrected chi connectivity index (χ2v) is 9.25. The molecule has 0 aliphatic carbocycles. The fourth-order valence-corrected chi connectivity index (χ4v) is 3.49. The Morgan fingerprint density at radius 2 is 1.42 bits per heavy atom. The number of rotatable bonds is 5. The van der Waals surface area contributed by atoms with Gasteiger partial charge in [0.25, 0.3) is 10.1 Å². The van der Waals surface area contributed by atoms with Crippen molar-refractivity contribution in [2.75, 3.05) is 0 Å². The highest BCUT2D eigenvalue weighted by atomic mass is 32.2. The zero-order valence-electron chi connectivity index (χ0n) is 15.5. The van der Waals surface area contributed by atoms with Crippen molar-refractivity contribution in [1.82, 2.24) is 0 Å². The summed E-state index contributed by atoms with van der Waals surface area (Å²) >= 11 is 0. The molecule has 1 N–H and O–H groups in total. The van der Waals surface area contributed by atoms with Crippen molar-refractivity contribution in [2.45, 2.75) is 70.1 Å². The Kier molecular flexibility index (Phi) is 4.86. The van der Waals surface area contributed by atoms with Crippen LogP contribution < -0.4 is 0 Å². The molecular formula is C20H28O3S. The van der Waals surface area contributed by atoms with E-state index in [4.69, 9.17) is 0 Å². The van der Waals surface area contributed by atoms with Crippen molar-refractivity contribution >= 4 is 20.9 Å². The van der Waals surface area contributed by atoms with Gasteiger partial charge in [0.2, 0.25) is 0 Å². The molecule has 0 fully saturated rings. The second kappa shape index (κ2) is 6.16. The number of hydrogen-bond donors (Lipinski definition) is 1. The van der Waals surface area contributed by atoms with E-state index >= 15 is 0 Å². The molecule has 0 spiro atoms. The summed E-state index contributed by atoms with van der Waals surface area (Å²) in [5.41, 5.74) is 1.79. The predicted molar refractivity (Wildman–Crippen MR) is 100 cm³/mol. The molecule has 2 rings (SSSR count). The highest BCUT2D eigenvalue weighted by molar-refractivity contribution is 7.86. The van der Waals surface area contributed by atoms with E-state index in [2.05, 4.69) is 47.6 Å². The molecule has 2 aromatic carbocycles. The highest BCUT2D eigenvalue weighted by Gasteiger charge is 2.25. The molecule has 0 heterocycles. The van der Waals surface area contributed by atoms with Crippen LogP contribution in [0.25, 0.3) is 10.8 Å². The summed E-state index contributed by atoms with van der Waals surface area (Å²) in [4.78, 5) is 0.00489. The lowest BCUT2D eigenvalue weighted by atomic mass is 9.79. The third kappa shape index (κ3) is 3.50. The number of fused-ring (bicyclic) bond motifs is 1. The van der Waals surface area contributed by atoms with Crippen molar-refractivity contribution in [3.8, 4) is 0 Å². The molecule has 0 atom stereocenters. The summed E-state index contributed by atoms with van der Waals surface area (Å²) in [6, 6.07) is 9.60. The van der Waals surface area contributed by atoms with Crippen molar-refractivity contribution in [2.24, 2.45) is 0 Å². The average Bonchev–Trinajstić information content (AvgIpc) is 2.52. The molecule has 0 saturated heterocycles. The molecule has 24 heavy (non-hydrogen) atoms. The Bertz CT molecular complexity index is 862. The van der Waals surface area contributed by atoms with Gasteiger partial charge in [-0.05, 0) is 52.3 Å². The van der Waals surface area contributed by atoms with Crippen LogP contribution in [0.5, 0.6) is 0 Å². The maximum Gasteiger partial charge on any atom is 0.295 e. The molecule has 0 radical (unpaired) electrons. The van der Waals surface area contributed by atoms with E-state index in [1.54, 1.807) is 6.07 Å². The van der Waals surface area contributed by atoms with Crippen molar-refractivity contribution in [1.29, 1.82) is 0 Å². The van der Waals surface area contributed by atoms with Gasteiger partial charge >= 0.3 is 0 Å². The van der Waals surface area contributed by atoms with E-state index in [-0.39, 0.29) is 15.7 Å². The van der Waals surface area contributed by atoms with Gasteiger partial charge in [-0.25, -0.2) is 0 Å². The van der Waals surface area contributed by atoms with Crippen LogP contribution in [0.4, 0.5) is 0 Å². The molecule has 0 aromatic heterocycles. The standard InChI is InChI=1S/C20H28O3S/c1-7-19(3,4)15-10-9-14-11-16(20(5,6)8-2)13-18(17(14)12-15)24(21,22)23/h9-13H,7-8H2,1-6H3,(H,21,22,23). The minimum Gasteiger partial charge on any atom is -0.282 e. The first kappa shape index (κ1) is 18.9. The highest BCUT2D eigenvalue weighted by Crippen LogP contribution is 2.36. The van der Waals surface area contributed by atoms with Crippen LogP contribution in [-0.4, -0.2) is 13.0 Å². The summed E-state index contributed by atoms with van der Waals surface area (Å²) in [5.74, 6) is 0. The lowest BCUT2D eigenvalue weighted by Gasteiger charge is -2.26. The fourth-order valence-electron chi connectivity index (χ4n) is 2.76. The van der Waals surface area contributed by atoms with Gasteiger partial charge < -0.3 is 0 Å². The van der Waals surface area contributed by atoms with Gasteiger partial charge in [-0.2, -0.15) is 8.42 Å². The molecule has 0 amide bonds. The quantitative estimate of drug-likeness (QED) is 0.730. The van der Waals surface area contributed by atoms with Gasteiger partial charge in [0.1, 0.15) is 4.90 Å². The van der Waals surface area contributed by atoms with Crippen LogP contribution in [0.1, 0.15) is 65.5 Å². The number of benzene rings is 2. The van der Waals surface area contributed by atoms with Crippen molar-refractivity contribution in [3.05, 3.63) is 41.5 Å². The Labute approximate surface area is 145 Å². The van der Waals surface area contributed by atoms with Crippen LogP contribution in [0.15, 0.2) is 35.2 Å². The van der Waals surface area contributed by atoms with Crippen LogP contribution >= 0.6 is 0 Å². The molecular weight excluding hydrogens is 320 g/mol. The van der Waals surface area contributed by atoms with E-state index in [9.17, 15) is 13.0 Å². The first-order valence-corrected chi connectivity index (χ1v) is 9.92. The third-order valence-electron chi connectivity index (χ3n) is 5.52. The minimum atomic E-state index is -4.29. The summed E-state index contributed by atoms with van der Waals surface area (Å²) in [6.45, 7) is 12.6. The van der Waals surface area contributed by atoms with Crippen LogP contribution in [0, 0.1) is 0 Å². The van der Waals surface area contributed by atoms with Crippen LogP contribution in [0.2, 0.25) is 0 Å². The molecule has 0 aliphatic heterocycles. The molecule has 0 aliphatic rings. The van der Waals surface area contributed by atoms with Crippen LogP contribution in [0.3, 0.4) is 0 Å². The predicted octanol–water partition coefficient (Wildman–Crippen LogP) is 5.46. The molecule has 0 unspecified atom stereocenters. The lowest BCUT2D eigenvalue weighted by Crippen LogP contribution is -2.17. The SMILES string of the molecule is CCC(C)(C)c1cc(S(=O)(=O)O)c2cc(C(C)(C)CC)ccc2c1. The van der Waals surface area contributed by atoms with Gasteiger partial charge in [0, 0.05) is 5.39 Å². The van der Waals surface area contributed by atoms with Gasteiger partial charge in [0.15, 0.2) is 0 Å². The maximum absolute atomic E-state index is 12.0. The van der Waals surface area contributed by atoms with Crippen molar-refractivity contribution < 1.29 is 13.0 Å². The first-order valence-electron chi connectivity index (χ1n) is 8.48. The molecule has 132 valence electrons. The second-order valence-electron chi connectivity index (χ2n) is 7.86. The zero-order chi connectivity index (χ0) is 18.3. The Morgan fingerprint density at radius 3 is 1.92 bits per heavy atom. The fraction of sp³-hybridized carbons (Fsp3) is 0.500. The van der Waals surface area contributed by atoms with E-state index in [1.165, 1.54) is 0 Å². The monoisotopic (exact) mass is 348 g/mol. The molecule has 3 nitrogen and oxygen atoms in total. The Morgan fingerprint density at radius 1 is 0.875 bits per heavy atom. The molecule has 0 bridgehead atoms. The Balaban J connectivity index is 2.86. The largest absolute Gasteiger partial charge is 0.295 e. The summed E-state index contributed by atoms with van der Waals surface area (Å²) in [5, 5.41) is 1.43. The third-order valence-corrected chi connectivity index (χ3v) is 6.42. The Hall–Kier alpha value is -1.39. The average molecular weight is 349 g/mol. The van der Waals surface area contributed by atoms with Gasteiger partial charge in [0.05, 0.1) is 0 Å². The molecule has 2 aromatic rings. The molecule has 4 heteroatoms. The summed E-state index contributed by atoms with van der Waals surface area (Å²) in [6.07, 6.45) is 1.82. The summed E-state index contributed by atoms with van der Waals surface area (Å²) in [7, 11) is -4.29. The van der Waals surface area contributed by atoms with Gasteiger partial charge in [-0.1, -0.05) is 59.7 Å². The van der Waals surface area contributed by atoms with Gasteiger partial charge in [-0.15, -0.1) is 0 Å².